The van der Waals surface area contributed by atoms with Crippen LogP contribution in [0.3, 0.4) is 0 Å². The minimum atomic E-state index is -0.402. The molecule has 5 nitrogen and oxygen atoms in total. The van der Waals surface area contributed by atoms with Gasteiger partial charge in [-0.1, -0.05) is 0 Å². The molecule has 2 aromatic rings. The first-order valence-electron chi connectivity index (χ1n) is 4.69. The summed E-state index contributed by atoms with van der Waals surface area (Å²) in [5, 5.41) is 0. The van der Waals surface area contributed by atoms with Gasteiger partial charge in [0.25, 0.3) is 0 Å². The SMILES string of the molecule is CCOC(=O)c1cn2c(C)cncc2n1. The Kier molecular flexibility index (Phi) is 2.37. The van der Waals surface area contributed by atoms with Crippen LogP contribution in [0, 0.1) is 6.92 Å². The molecule has 2 heterocycles. The molecule has 0 aliphatic rings. The molecule has 0 N–H and O–H groups in total. The third-order valence-corrected chi connectivity index (χ3v) is 2.05. The van der Waals surface area contributed by atoms with Crippen LogP contribution in [0.25, 0.3) is 5.65 Å². The van der Waals surface area contributed by atoms with E-state index >= 15 is 0 Å². The van der Waals surface area contributed by atoms with Gasteiger partial charge in [0.2, 0.25) is 0 Å². The third kappa shape index (κ3) is 1.68. The lowest BCUT2D eigenvalue weighted by molar-refractivity contribution is 0.0520. The van der Waals surface area contributed by atoms with E-state index in [1.165, 1.54) is 0 Å². The van der Waals surface area contributed by atoms with E-state index in [1.54, 1.807) is 29.9 Å². The van der Waals surface area contributed by atoms with Crippen molar-refractivity contribution in [1.29, 1.82) is 0 Å². The van der Waals surface area contributed by atoms with E-state index in [0.717, 1.165) is 5.69 Å². The molecule has 0 unspecified atom stereocenters. The molecular formula is C10H11N3O2. The molecule has 0 spiro atoms. The number of ether oxygens (including phenoxy) is 1. The van der Waals surface area contributed by atoms with Crippen molar-refractivity contribution in [3.05, 3.63) is 30.0 Å². The zero-order valence-electron chi connectivity index (χ0n) is 8.60. The maximum atomic E-state index is 11.4. The summed E-state index contributed by atoms with van der Waals surface area (Å²) in [5.74, 6) is -0.402. The summed E-state index contributed by atoms with van der Waals surface area (Å²) < 4.78 is 6.67. The maximum Gasteiger partial charge on any atom is 0.358 e. The first kappa shape index (κ1) is 9.64. The molecule has 2 rings (SSSR count). The van der Waals surface area contributed by atoms with E-state index < -0.39 is 5.97 Å². The topological polar surface area (TPSA) is 56.5 Å². The van der Waals surface area contributed by atoms with Crippen LogP contribution < -0.4 is 0 Å². The number of hydrogen-bond acceptors (Lipinski definition) is 4. The molecule has 5 heteroatoms. The van der Waals surface area contributed by atoms with Crippen molar-refractivity contribution in [3.8, 4) is 0 Å². The lowest BCUT2D eigenvalue weighted by atomic mass is 10.5. The summed E-state index contributed by atoms with van der Waals surface area (Å²) in [5.41, 5.74) is 1.89. The zero-order valence-corrected chi connectivity index (χ0v) is 8.60. The Hall–Kier alpha value is -1.91. The minimum Gasteiger partial charge on any atom is -0.461 e. The van der Waals surface area contributed by atoms with Crippen LogP contribution in [0.2, 0.25) is 0 Å². The van der Waals surface area contributed by atoms with Crippen molar-refractivity contribution in [2.24, 2.45) is 0 Å². The smallest absolute Gasteiger partial charge is 0.358 e. The maximum absolute atomic E-state index is 11.4. The van der Waals surface area contributed by atoms with Crippen LogP contribution in [-0.4, -0.2) is 26.9 Å². The number of carbonyl (C=O) groups excluding carboxylic acids is 1. The number of carbonyl (C=O) groups is 1. The summed E-state index contributed by atoms with van der Waals surface area (Å²) in [6, 6.07) is 0. The molecule has 0 fully saturated rings. The average Bonchev–Trinajstić information content (AvgIpc) is 2.63. The highest BCUT2D eigenvalue weighted by atomic mass is 16.5. The number of imidazole rings is 1. The molecule has 0 aliphatic carbocycles. The normalized spacial score (nSPS) is 10.5. The summed E-state index contributed by atoms with van der Waals surface area (Å²) in [6.07, 6.45) is 4.98. The van der Waals surface area contributed by atoms with Crippen LogP contribution >= 0.6 is 0 Å². The minimum absolute atomic E-state index is 0.313. The van der Waals surface area contributed by atoms with Gasteiger partial charge >= 0.3 is 5.97 Å². The molecule has 0 saturated carbocycles. The van der Waals surface area contributed by atoms with E-state index in [2.05, 4.69) is 9.97 Å². The number of fused-ring (bicyclic) bond motifs is 1. The predicted octanol–water partition coefficient (Wildman–Crippen LogP) is 1.21. The second kappa shape index (κ2) is 3.68. The standard InChI is InChI=1S/C10H11N3O2/c1-3-15-10(14)8-6-13-7(2)4-11-5-9(13)12-8/h4-6H,3H2,1-2H3. The quantitative estimate of drug-likeness (QED) is 0.691. The molecule has 0 aliphatic heterocycles. The molecule has 0 amide bonds. The summed E-state index contributed by atoms with van der Waals surface area (Å²) >= 11 is 0. The first-order chi connectivity index (χ1) is 7.22. The summed E-state index contributed by atoms with van der Waals surface area (Å²) in [7, 11) is 0. The molecule has 0 radical (unpaired) electrons. The van der Waals surface area contributed by atoms with Crippen LogP contribution in [0.5, 0.6) is 0 Å². The van der Waals surface area contributed by atoms with Gasteiger partial charge in [-0.05, 0) is 13.8 Å². The Bertz CT molecular complexity index is 504. The highest BCUT2D eigenvalue weighted by Crippen LogP contribution is 2.07. The van der Waals surface area contributed by atoms with Crippen molar-refractivity contribution >= 4 is 11.6 Å². The third-order valence-electron chi connectivity index (χ3n) is 2.05. The number of esters is 1. The Balaban J connectivity index is 2.47. The molecule has 0 aromatic carbocycles. The van der Waals surface area contributed by atoms with Gasteiger partial charge in [0, 0.05) is 18.1 Å². The van der Waals surface area contributed by atoms with Crippen molar-refractivity contribution in [2.75, 3.05) is 6.61 Å². The van der Waals surface area contributed by atoms with Gasteiger partial charge in [0.1, 0.15) is 0 Å². The molecule has 78 valence electrons. The lowest BCUT2D eigenvalue weighted by Crippen LogP contribution is -2.04. The lowest BCUT2D eigenvalue weighted by Gasteiger charge is -1.95. The number of hydrogen-bond donors (Lipinski definition) is 0. The van der Waals surface area contributed by atoms with Crippen LogP contribution in [-0.2, 0) is 4.74 Å². The Labute approximate surface area is 86.7 Å². The molecular weight excluding hydrogens is 194 g/mol. The fourth-order valence-electron chi connectivity index (χ4n) is 1.35. The predicted molar refractivity (Wildman–Crippen MR) is 53.7 cm³/mol. The number of aryl methyl sites for hydroxylation is 1. The van der Waals surface area contributed by atoms with Crippen molar-refractivity contribution < 1.29 is 9.53 Å². The molecule has 0 atom stereocenters. The zero-order chi connectivity index (χ0) is 10.8. The first-order valence-corrected chi connectivity index (χ1v) is 4.69. The Morgan fingerprint density at radius 1 is 1.53 bits per heavy atom. The van der Waals surface area contributed by atoms with E-state index in [0.29, 0.717) is 17.9 Å². The van der Waals surface area contributed by atoms with Gasteiger partial charge in [0.15, 0.2) is 11.3 Å². The van der Waals surface area contributed by atoms with Gasteiger partial charge in [-0.2, -0.15) is 0 Å². The number of nitrogens with zero attached hydrogens (tertiary/aromatic N) is 3. The highest BCUT2D eigenvalue weighted by Gasteiger charge is 2.11. The van der Waals surface area contributed by atoms with Gasteiger partial charge < -0.3 is 9.14 Å². The molecule has 15 heavy (non-hydrogen) atoms. The van der Waals surface area contributed by atoms with Crippen LogP contribution in [0.4, 0.5) is 0 Å². The van der Waals surface area contributed by atoms with E-state index in [-0.39, 0.29) is 0 Å². The van der Waals surface area contributed by atoms with E-state index in [9.17, 15) is 4.79 Å². The molecule has 2 aromatic heterocycles. The van der Waals surface area contributed by atoms with Gasteiger partial charge in [0.05, 0.1) is 12.8 Å². The number of rotatable bonds is 2. The summed E-state index contributed by atoms with van der Waals surface area (Å²) in [6.45, 7) is 4.01. The Morgan fingerprint density at radius 2 is 2.33 bits per heavy atom. The van der Waals surface area contributed by atoms with Crippen molar-refractivity contribution in [2.45, 2.75) is 13.8 Å². The Morgan fingerprint density at radius 3 is 3.00 bits per heavy atom. The summed E-state index contributed by atoms with van der Waals surface area (Å²) in [4.78, 5) is 19.5. The van der Waals surface area contributed by atoms with E-state index in [1.807, 2.05) is 6.92 Å². The van der Waals surface area contributed by atoms with E-state index in [4.69, 9.17) is 4.74 Å². The van der Waals surface area contributed by atoms with Gasteiger partial charge in [-0.15, -0.1) is 0 Å². The second-order valence-electron chi connectivity index (χ2n) is 3.12. The number of aromatic nitrogens is 3. The highest BCUT2D eigenvalue weighted by molar-refractivity contribution is 5.87. The van der Waals surface area contributed by atoms with Crippen molar-refractivity contribution in [3.63, 3.8) is 0 Å². The van der Waals surface area contributed by atoms with Gasteiger partial charge in [-0.25, -0.2) is 9.78 Å². The fraction of sp³-hybridized carbons (Fsp3) is 0.300. The second-order valence-corrected chi connectivity index (χ2v) is 3.12. The fourth-order valence-corrected chi connectivity index (χ4v) is 1.35. The average molecular weight is 205 g/mol. The largest absolute Gasteiger partial charge is 0.461 e. The van der Waals surface area contributed by atoms with Crippen molar-refractivity contribution in [1.82, 2.24) is 14.4 Å². The van der Waals surface area contributed by atoms with Gasteiger partial charge in [-0.3, -0.25) is 4.98 Å². The van der Waals surface area contributed by atoms with Crippen LogP contribution in [0.1, 0.15) is 23.1 Å². The monoisotopic (exact) mass is 205 g/mol. The molecule has 0 bridgehead atoms. The van der Waals surface area contributed by atoms with Crippen LogP contribution in [0.15, 0.2) is 18.6 Å². The molecule has 0 saturated heterocycles.